The lowest BCUT2D eigenvalue weighted by Gasteiger charge is -2.14. The van der Waals surface area contributed by atoms with Gasteiger partial charge in [-0.05, 0) is 44.2 Å². The Kier molecular flexibility index (Phi) is 5.04. The number of phenols is 1. The molecule has 2 N–H and O–H groups in total. The number of hydrogen-bond donors (Lipinski definition) is 2. The predicted molar refractivity (Wildman–Crippen MR) is 101 cm³/mol. The van der Waals surface area contributed by atoms with Crippen molar-refractivity contribution in [2.45, 2.75) is 29.8 Å². The fraction of sp³-hybridized carbons (Fsp3) is 0.176. The van der Waals surface area contributed by atoms with E-state index in [0.717, 1.165) is 4.90 Å². The second kappa shape index (κ2) is 7.05. The minimum atomic E-state index is 0.197. The number of nitrogens with one attached hydrogen (secondary N) is 1. The molecule has 0 aliphatic rings. The van der Waals surface area contributed by atoms with E-state index >= 15 is 0 Å². The number of nitrogens with zero attached hydrogens (tertiary/aromatic N) is 2. The number of hydrogen-bond acceptors (Lipinski definition) is 5. The number of fused-ring (bicyclic) bond motifs is 1. The van der Waals surface area contributed by atoms with E-state index in [-0.39, 0.29) is 11.8 Å². The third-order valence-corrected chi connectivity index (χ3v) is 4.82. The van der Waals surface area contributed by atoms with Crippen LogP contribution in [-0.4, -0.2) is 21.1 Å². The smallest absolute Gasteiger partial charge is 0.159 e. The van der Waals surface area contributed by atoms with Crippen LogP contribution in [0.2, 0.25) is 10.0 Å². The Balaban J connectivity index is 2.10. The van der Waals surface area contributed by atoms with Gasteiger partial charge in [0.15, 0.2) is 5.82 Å². The lowest BCUT2D eigenvalue weighted by atomic mass is 10.3. The number of aromatic hydroxyl groups is 1. The topological polar surface area (TPSA) is 58.0 Å². The van der Waals surface area contributed by atoms with Crippen molar-refractivity contribution < 1.29 is 5.11 Å². The maximum absolute atomic E-state index is 9.65. The first kappa shape index (κ1) is 17.1. The molecule has 3 rings (SSSR count). The quantitative estimate of drug-likeness (QED) is 0.616. The Morgan fingerprint density at radius 2 is 1.71 bits per heavy atom. The van der Waals surface area contributed by atoms with E-state index in [1.165, 1.54) is 11.8 Å². The Bertz CT molecular complexity index is 902. The first-order chi connectivity index (χ1) is 11.4. The summed E-state index contributed by atoms with van der Waals surface area (Å²) < 4.78 is 0. The highest BCUT2D eigenvalue weighted by atomic mass is 35.5. The fourth-order valence-electron chi connectivity index (χ4n) is 2.13. The van der Waals surface area contributed by atoms with Crippen LogP contribution in [0.3, 0.4) is 0 Å². The molecular formula is C17H15Cl2N3OS. The van der Waals surface area contributed by atoms with Gasteiger partial charge in [-0.3, -0.25) is 0 Å². The summed E-state index contributed by atoms with van der Waals surface area (Å²) >= 11 is 13.6. The highest BCUT2D eigenvalue weighted by Gasteiger charge is 2.13. The van der Waals surface area contributed by atoms with Crippen molar-refractivity contribution in [1.82, 2.24) is 9.97 Å². The van der Waals surface area contributed by atoms with E-state index < -0.39 is 0 Å². The van der Waals surface area contributed by atoms with Crippen molar-refractivity contribution in [1.29, 1.82) is 0 Å². The molecule has 0 spiro atoms. The molecule has 0 saturated carbocycles. The van der Waals surface area contributed by atoms with Crippen LogP contribution in [0.25, 0.3) is 11.0 Å². The summed E-state index contributed by atoms with van der Waals surface area (Å²) in [5.74, 6) is 0.881. The zero-order chi connectivity index (χ0) is 17.3. The van der Waals surface area contributed by atoms with Crippen molar-refractivity contribution in [3.8, 4) is 5.75 Å². The minimum absolute atomic E-state index is 0.197. The van der Waals surface area contributed by atoms with Crippen LogP contribution in [-0.2, 0) is 0 Å². The molecule has 0 unspecified atom stereocenters. The maximum Gasteiger partial charge on any atom is 0.159 e. The molecule has 4 nitrogen and oxygen atoms in total. The van der Waals surface area contributed by atoms with Gasteiger partial charge in [-0.25, -0.2) is 9.97 Å². The van der Waals surface area contributed by atoms with Gasteiger partial charge in [0.25, 0.3) is 0 Å². The molecule has 0 bridgehead atoms. The Hall–Kier alpha value is -1.69. The third-order valence-electron chi connectivity index (χ3n) is 3.13. The van der Waals surface area contributed by atoms with Gasteiger partial charge in [0.2, 0.25) is 0 Å². The largest absolute Gasteiger partial charge is 0.508 e. The molecule has 0 saturated heterocycles. The standard InChI is InChI=1S/C17H15Cl2N3OS/c1-9(2)20-16-17(24-11-5-3-4-10(23)6-11)22-15-8-13(19)12(18)7-14(15)21-16/h3-9,23H,1-2H3,(H,20,21). The molecule has 0 aliphatic carbocycles. The van der Waals surface area contributed by atoms with Crippen LogP contribution in [0, 0.1) is 0 Å². The highest BCUT2D eigenvalue weighted by molar-refractivity contribution is 7.99. The number of halogens is 2. The summed E-state index contributed by atoms with van der Waals surface area (Å²) in [6.45, 7) is 4.06. The van der Waals surface area contributed by atoms with Gasteiger partial charge >= 0.3 is 0 Å². The third kappa shape index (κ3) is 3.86. The van der Waals surface area contributed by atoms with Crippen LogP contribution in [0.5, 0.6) is 5.75 Å². The van der Waals surface area contributed by atoms with Gasteiger partial charge < -0.3 is 10.4 Å². The van der Waals surface area contributed by atoms with Crippen LogP contribution in [0.4, 0.5) is 5.82 Å². The lowest BCUT2D eigenvalue weighted by Crippen LogP contribution is -2.12. The first-order valence-electron chi connectivity index (χ1n) is 7.32. The van der Waals surface area contributed by atoms with E-state index in [2.05, 4.69) is 15.3 Å². The number of anilines is 1. The van der Waals surface area contributed by atoms with Gasteiger partial charge in [0.1, 0.15) is 10.8 Å². The van der Waals surface area contributed by atoms with Gasteiger partial charge in [-0.1, -0.05) is 41.0 Å². The Morgan fingerprint density at radius 3 is 2.33 bits per heavy atom. The molecule has 24 heavy (non-hydrogen) atoms. The van der Waals surface area contributed by atoms with Crippen LogP contribution < -0.4 is 5.32 Å². The first-order valence-corrected chi connectivity index (χ1v) is 8.90. The predicted octanol–water partition coefficient (Wildman–Crippen LogP) is 5.61. The summed E-state index contributed by atoms with van der Waals surface area (Å²) in [4.78, 5) is 10.2. The van der Waals surface area contributed by atoms with E-state index in [4.69, 9.17) is 23.2 Å². The summed E-state index contributed by atoms with van der Waals surface area (Å²) in [7, 11) is 0. The minimum Gasteiger partial charge on any atom is -0.508 e. The molecule has 3 aromatic rings. The molecule has 0 amide bonds. The number of phenolic OH excluding ortho intramolecular Hbond substituents is 1. The molecular weight excluding hydrogens is 365 g/mol. The Morgan fingerprint density at radius 1 is 1.04 bits per heavy atom. The molecule has 1 heterocycles. The van der Waals surface area contributed by atoms with E-state index in [0.29, 0.717) is 31.9 Å². The Labute approximate surface area is 154 Å². The SMILES string of the molecule is CC(C)Nc1nc2cc(Cl)c(Cl)cc2nc1Sc1cccc(O)c1. The van der Waals surface area contributed by atoms with Crippen LogP contribution >= 0.6 is 35.0 Å². The molecule has 0 atom stereocenters. The molecule has 124 valence electrons. The zero-order valence-electron chi connectivity index (χ0n) is 13.0. The molecule has 0 radical (unpaired) electrons. The molecule has 0 aliphatic heterocycles. The summed E-state index contributed by atoms with van der Waals surface area (Å²) in [5, 5.41) is 14.5. The van der Waals surface area contributed by atoms with Gasteiger partial charge in [-0.2, -0.15) is 0 Å². The van der Waals surface area contributed by atoms with E-state index in [9.17, 15) is 5.11 Å². The number of rotatable bonds is 4. The summed E-state index contributed by atoms with van der Waals surface area (Å²) in [6, 6.07) is 10.6. The second-order valence-electron chi connectivity index (χ2n) is 5.53. The summed E-state index contributed by atoms with van der Waals surface area (Å²) in [5.41, 5.74) is 1.34. The van der Waals surface area contributed by atoms with Gasteiger partial charge in [0, 0.05) is 10.9 Å². The van der Waals surface area contributed by atoms with Crippen molar-refractivity contribution >= 4 is 51.8 Å². The number of aromatic nitrogens is 2. The fourth-order valence-corrected chi connectivity index (χ4v) is 3.34. The van der Waals surface area contributed by atoms with Crippen molar-refractivity contribution in [3.05, 3.63) is 46.4 Å². The zero-order valence-corrected chi connectivity index (χ0v) is 15.4. The highest BCUT2D eigenvalue weighted by Crippen LogP contribution is 2.35. The maximum atomic E-state index is 9.65. The number of benzene rings is 2. The average Bonchev–Trinajstić information content (AvgIpc) is 2.49. The second-order valence-corrected chi connectivity index (χ2v) is 7.41. The van der Waals surface area contributed by atoms with E-state index in [1.54, 1.807) is 30.3 Å². The van der Waals surface area contributed by atoms with Gasteiger partial charge in [0.05, 0.1) is 21.1 Å². The molecule has 0 fully saturated rings. The van der Waals surface area contributed by atoms with Crippen molar-refractivity contribution in [2.24, 2.45) is 0 Å². The monoisotopic (exact) mass is 379 g/mol. The normalized spacial score (nSPS) is 11.2. The molecule has 2 aromatic carbocycles. The van der Waals surface area contributed by atoms with Gasteiger partial charge in [-0.15, -0.1) is 0 Å². The van der Waals surface area contributed by atoms with E-state index in [1.807, 2.05) is 19.9 Å². The van der Waals surface area contributed by atoms with Crippen LogP contribution in [0.15, 0.2) is 46.3 Å². The van der Waals surface area contributed by atoms with Crippen molar-refractivity contribution in [2.75, 3.05) is 5.32 Å². The van der Waals surface area contributed by atoms with Crippen molar-refractivity contribution in [3.63, 3.8) is 0 Å². The van der Waals surface area contributed by atoms with Crippen LogP contribution in [0.1, 0.15) is 13.8 Å². The molecule has 1 aromatic heterocycles. The lowest BCUT2D eigenvalue weighted by molar-refractivity contribution is 0.474. The average molecular weight is 380 g/mol. The summed E-state index contributed by atoms with van der Waals surface area (Å²) in [6.07, 6.45) is 0. The molecule has 7 heteroatoms.